The van der Waals surface area contributed by atoms with Gasteiger partial charge in [0, 0.05) is 54.4 Å². The predicted octanol–water partition coefficient (Wildman–Crippen LogP) is 10.9. The molecule has 0 aliphatic carbocycles. The van der Waals surface area contributed by atoms with E-state index in [9.17, 15) is 19.2 Å². The van der Waals surface area contributed by atoms with Gasteiger partial charge in [-0.05, 0) is 122 Å². The number of hydrogen-bond acceptors (Lipinski definition) is 8. The normalized spacial score (nSPS) is 17.0. The minimum atomic E-state index is -1.27. The number of nitrogens with two attached hydrogens (primary N) is 2. The maximum absolute atomic E-state index is 14.3. The van der Waals surface area contributed by atoms with Gasteiger partial charge in [0.2, 0.25) is 11.8 Å². The standard InChI is InChI=1S/C55H66Cl4N4O8/c1-7-13-38(40(32(5)52(60)64)27-34-19-23-36(24-20-34)68-29-42-44(56)15-11-16-45(42)57)48(9-3)62-54(66)50-51(71-31-70-50)55(67)63-49(10-4)39(14-8-2)41(33(6)53(61)65)28-35-21-25-37(26-22-35)69-30-43-46(58)17-12-18-47(43)59/h11-12,15-26,38-41,48-51H,5-10,13-14,27-31H2,1-4H3,(H2,60,64)(H2,61,65)(H,62,66)(H,63,67)/t38?,39?,40-,41-,48?,49?,50-,51-/m1/s1. The second-order valence-electron chi connectivity index (χ2n) is 17.9. The third kappa shape index (κ3) is 15.5. The van der Waals surface area contributed by atoms with Crippen molar-refractivity contribution in [1.82, 2.24) is 10.6 Å². The highest BCUT2D eigenvalue weighted by atomic mass is 35.5. The van der Waals surface area contributed by atoms with Gasteiger partial charge in [-0.3, -0.25) is 19.2 Å². The molecule has 0 bridgehead atoms. The second kappa shape index (κ2) is 27.7. The zero-order chi connectivity index (χ0) is 51.8. The highest BCUT2D eigenvalue weighted by Gasteiger charge is 2.44. The lowest BCUT2D eigenvalue weighted by Gasteiger charge is -2.36. The van der Waals surface area contributed by atoms with Gasteiger partial charge in [0.15, 0.2) is 12.2 Å². The molecular weight excluding hydrogens is 986 g/mol. The predicted molar refractivity (Wildman–Crippen MR) is 281 cm³/mol. The molecule has 4 unspecified atom stereocenters. The Balaban J connectivity index is 1.28. The van der Waals surface area contributed by atoms with Gasteiger partial charge >= 0.3 is 0 Å². The molecule has 4 aromatic rings. The van der Waals surface area contributed by atoms with Crippen molar-refractivity contribution in [1.29, 1.82) is 0 Å². The molecule has 5 rings (SSSR count). The van der Waals surface area contributed by atoms with Gasteiger partial charge < -0.3 is 41.0 Å². The molecule has 0 radical (unpaired) electrons. The monoisotopic (exact) mass is 1050 g/mol. The fourth-order valence-corrected chi connectivity index (χ4v) is 10.4. The van der Waals surface area contributed by atoms with Crippen molar-refractivity contribution in [2.75, 3.05) is 6.79 Å². The summed E-state index contributed by atoms with van der Waals surface area (Å²) in [5.74, 6) is -2.55. The van der Waals surface area contributed by atoms with E-state index in [2.05, 4.69) is 23.8 Å². The van der Waals surface area contributed by atoms with Crippen molar-refractivity contribution in [2.24, 2.45) is 35.1 Å². The first-order chi connectivity index (χ1) is 34.0. The lowest BCUT2D eigenvalue weighted by Crippen LogP contribution is -2.54. The van der Waals surface area contributed by atoms with Crippen molar-refractivity contribution in [2.45, 2.75) is 117 Å². The van der Waals surface area contributed by atoms with Crippen LogP contribution in [0.2, 0.25) is 20.1 Å². The molecule has 382 valence electrons. The third-order valence-electron chi connectivity index (χ3n) is 13.3. The Labute approximate surface area is 438 Å². The largest absolute Gasteiger partial charge is 0.489 e. The number of hydrogen-bond donors (Lipinski definition) is 4. The van der Waals surface area contributed by atoms with E-state index in [1.165, 1.54) is 0 Å². The maximum atomic E-state index is 14.3. The van der Waals surface area contributed by atoms with E-state index in [4.69, 9.17) is 76.8 Å². The van der Waals surface area contributed by atoms with Crippen LogP contribution in [0, 0.1) is 23.7 Å². The molecule has 0 spiro atoms. The summed E-state index contributed by atoms with van der Waals surface area (Å²) in [5.41, 5.74) is 15.4. The van der Waals surface area contributed by atoms with E-state index in [-0.39, 0.29) is 43.0 Å². The van der Waals surface area contributed by atoms with Gasteiger partial charge in [-0.25, -0.2) is 0 Å². The Hall–Kier alpha value is -5.08. The maximum Gasteiger partial charge on any atom is 0.252 e. The van der Waals surface area contributed by atoms with Crippen LogP contribution in [0.4, 0.5) is 0 Å². The van der Waals surface area contributed by atoms with Crippen LogP contribution >= 0.6 is 46.4 Å². The van der Waals surface area contributed by atoms with Crippen LogP contribution in [0.1, 0.15) is 88.5 Å². The molecule has 1 aliphatic rings. The number of primary amides is 2. The van der Waals surface area contributed by atoms with E-state index in [0.29, 0.717) is 81.2 Å². The smallest absolute Gasteiger partial charge is 0.252 e. The Bertz CT molecular complexity index is 2260. The molecule has 6 N–H and O–H groups in total. The Morgan fingerprint density at radius 1 is 0.592 bits per heavy atom. The average molecular weight is 1050 g/mol. The van der Waals surface area contributed by atoms with Gasteiger partial charge in [0.25, 0.3) is 11.8 Å². The van der Waals surface area contributed by atoms with Crippen molar-refractivity contribution in [3.63, 3.8) is 0 Å². The zero-order valence-electron chi connectivity index (χ0n) is 40.8. The number of amides is 4. The zero-order valence-corrected chi connectivity index (χ0v) is 43.9. The van der Waals surface area contributed by atoms with E-state index in [0.717, 1.165) is 24.0 Å². The molecule has 1 aliphatic heterocycles. The molecule has 4 amide bonds. The highest BCUT2D eigenvalue weighted by molar-refractivity contribution is 6.36. The Morgan fingerprint density at radius 2 is 0.930 bits per heavy atom. The number of benzene rings is 4. The van der Waals surface area contributed by atoms with E-state index >= 15 is 0 Å². The number of carbonyl (C=O) groups excluding carboxylic acids is 4. The lowest BCUT2D eigenvalue weighted by molar-refractivity contribution is -0.138. The number of nitrogens with one attached hydrogen (secondary N) is 2. The average Bonchev–Trinajstić information content (AvgIpc) is 3.86. The minimum Gasteiger partial charge on any atom is -0.489 e. The second-order valence-corrected chi connectivity index (χ2v) is 19.5. The molecule has 0 aromatic heterocycles. The van der Waals surface area contributed by atoms with Crippen molar-refractivity contribution in [3.05, 3.63) is 152 Å². The van der Waals surface area contributed by atoms with Crippen molar-refractivity contribution < 1.29 is 38.1 Å². The van der Waals surface area contributed by atoms with Gasteiger partial charge in [-0.2, -0.15) is 0 Å². The fraction of sp³-hybridized carbons (Fsp3) is 0.418. The number of ether oxygens (including phenoxy) is 4. The van der Waals surface area contributed by atoms with Gasteiger partial charge in [-0.15, -0.1) is 0 Å². The Morgan fingerprint density at radius 3 is 1.23 bits per heavy atom. The Kier molecular flexibility index (Phi) is 22.1. The molecule has 1 fully saturated rings. The van der Waals surface area contributed by atoms with Gasteiger partial charge in [0.05, 0.1) is 0 Å². The number of carbonyl (C=O) groups is 4. The molecule has 16 heteroatoms. The lowest BCUT2D eigenvalue weighted by atomic mass is 9.74. The molecule has 0 saturated carbocycles. The summed E-state index contributed by atoms with van der Waals surface area (Å²) >= 11 is 25.4. The highest BCUT2D eigenvalue weighted by Crippen LogP contribution is 2.36. The summed E-state index contributed by atoms with van der Waals surface area (Å²) in [6, 6.07) is 24.6. The van der Waals surface area contributed by atoms with Crippen LogP contribution in [-0.4, -0.2) is 54.7 Å². The van der Waals surface area contributed by atoms with E-state index < -0.39 is 59.8 Å². The van der Waals surface area contributed by atoms with Crippen LogP contribution in [0.25, 0.3) is 0 Å². The first-order valence-electron chi connectivity index (χ1n) is 24.1. The van der Waals surface area contributed by atoms with E-state index in [1.807, 2.05) is 76.2 Å². The molecule has 4 aromatic carbocycles. The van der Waals surface area contributed by atoms with Gasteiger partial charge in [0.1, 0.15) is 31.5 Å². The summed E-state index contributed by atoms with van der Waals surface area (Å²) in [5, 5.41) is 8.34. The molecule has 1 heterocycles. The SMILES string of the molecule is C=C(C(N)=O)[C@@H](Cc1ccc(OCc2c(Cl)cccc2Cl)cc1)C(CCC)C(CC)NC(=O)[C@@H]1OCO[C@H]1C(=O)NC(CC)C(CCC)[C@H](Cc1ccc(OCc2c(Cl)cccc2Cl)cc1)C(=C)C(N)=O. The summed E-state index contributed by atoms with van der Waals surface area (Å²) in [6.45, 7) is 16.3. The van der Waals surface area contributed by atoms with Crippen molar-refractivity contribution >= 4 is 70.0 Å². The van der Waals surface area contributed by atoms with E-state index in [1.54, 1.807) is 36.4 Å². The summed E-state index contributed by atoms with van der Waals surface area (Å²) in [6.07, 6.45) is 2.01. The fourth-order valence-electron chi connectivity index (χ4n) is 9.41. The van der Waals surface area contributed by atoms with Crippen LogP contribution in [-0.2, 0) is 54.7 Å². The van der Waals surface area contributed by atoms with Crippen LogP contribution in [0.5, 0.6) is 11.5 Å². The van der Waals surface area contributed by atoms with Crippen molar-refractivity contribution in [3.8, 4) is 11.5 Å². The number of rotatable bonds is 28. The minimum absolute atomic E-state index is 0.178. The number of halogens is 4. The van der Waals surface area contributed by atoms with Gasteiger partial charge in [-0.1, -0.05) is 136 Å². The molecule has 12 nitrogen and oxygen atoms in total. The van der Waals surface area contributed by atoms with Crippen LogP contribution in [0.3, 0.4) is 0 Å². The molecule has 71 heavy (non-hydrogen) atoms. The summed E-state index contributed by atoms with van der Waals surface area (Å²) in [7, 11) is 0. The quantitative estimate of drug-likeness (QED) is 0.0406. The summed E-state index contributed by atoms with van der Waals surface area (Å²) in [4.78, 5) is 54.2. The summed E-state index contributed by atoms with van der Waals surface area (Å²) < 4.78 is 23.6. The third-order valence-corrected chi connectivity index (χ3v) is 14.7. The van der Waals surface area contributed by atoms with Crippen LogP contribution < -0.4 is 31.6 Å². The first kappa shape index (κ1) is 56.8. The molecular formula is C55H66Cl4N4O8. The van der Waals surface area contributed by atoms with Crippen LogP contribution in [0.15, 0.2) is 109 Å². The molecule has 1 saturated heterocycles. The first-order valence-corrected chi connectivity index (χ1v) is 25.6. The topological polar surface area (TPSA) is 181 Å². The molecule has 8 atom stereocenters.